The Morgan fingerprint density at radius 3 is 2.65 bits per heavy atom. The molecule has 0 saturated carbocycles. The van der Waals surface area contributed by atoms with Crippen LogP contribution < -0.4 is 5.32 Å². The van der Waals surface area contributed by atoms with Crippen LogP contribution in [-0.2, 0) is 20.5 Å². The average molecular weight is 463 g/mol. The molecule has 31 heavy (non-hydrogen) atoms. The van der Waals surface area contributed by atoms with Crippen LogP contribution in [0.1, 0.15) is 16.1 Å². The average Bonchev–Trinajstić information content (AvgIpc) is 3.17. The normalized spacial score (nSPS) is 15.2. The maximum absolute atomic E-state index is 12.8. The van der Waals surface area contributed by atoms with Gasteiger partial charge in [0.2, 0.25) is 10.0 Å². The molecule has 9 nitrogen and oxygen atoms in total. The summed E-state index contributed by atoms with van der Waals surface area (Å²) in [5.41, 5.74) is 1.32. The number of thioether (sulfide) groups is 1. The second-order valence-electron chi connectivity index (χ2n) is 6.81. The number of hydrogen-bond acceptors (Lipinski definition) is 8. The zero-order valence-electron chi connectivity index (χ0n) is 16.7. The SMILES string of the molecule is O=C(NCCS(=O)(=O)N1CCOCC1)c1oc2ccccc2c1CSc1ncccn1. The highest BCUT2D eigenvalue weighted by Crippen LogP contribution is 2.30. The number of benzene rings is 1. The fourth-order valence-corrected chi connectivity index (χ4v) is 5.40. The van der Waals surface area contributed by atoms with Crippen molar-refractivity contribution < 1.29 is 22.4 Å². The molecule has 1 aliphatic rings. The number of hydrogen-bond donors (Lipinski definition) is 1. The molecule has 0 aliphatic carbocycles. The number of nitrogens with one attached hydrogen (secondary N) is 1. The van der Waals surface area contributed by atoms with E-state index in [-0.39, 0.29) is 18.1 Å². The lowest BCUT2D eigenvalue weighted by molar-refractivity contribution is 0.0730. The number of amides is 1. The third-order valence-electron chi connectivity index (χ3n) is 4.80. The van der Waals surface area contributed by atoms with E-state index in [1.807, 2.05) is 18.2 Å². The van der Waals surface area contributed by atoms with Crippen LogP contribution in [-0.4, -0.2) is 67.2 Å². The van der Waals surface area contributed by atoms with Gasteiger partial charge in [-0.2, -0.15) is 4.31 Å². The molecule has 1 aliphatic heterocycles. The second-order valence-corrected chi connectivity index (χ2v) is 9.84. The summed E-state index contributed by atoms with van der Waals surface area (Å²) in [6.45, 7) is 1.43. The molecule has 3 heterocycles. The maximum Gasteiger partial charge on any atom is 0.287 e. The predicted molar refractivity (Wildman–Crippen MR) is 116 cm³/mol. The highest BCUT2D eigenvalue weighted by molar-refractivity contribution is 7.98. The summed E-state index contributed by atoms with van der Waals surface area (Å²) < 4.78 is 37.3. The largest absolute Gasteiger partial charge is 0.451 e. The van der Waals surface area contributed by atoms with Gasteiger partial charge in [-0.1, -0.05) is 30.0 Å². The number of sulfonamides is 1. The van der Waals surface area contributed by atoms with Crippen molar-refractivity contribution in [3.63, 3.8) is 0 Å². The van der Waals surface area contributed by atoms with E-state index in [2.05, 4.69) is 15.3 Å². The minimum atomic E-state index is -3.45. The Morgan fingerprint density at radius 1 is 1.13 bits per heavy atom. The van der Waals surface area contributed by atoms with E-state index in [4.69, 9.17) is 9.15 Å². The van der Waals surface area contributed by atoms with Gasteiger partial charge in [-0.3, -0.25) is 4.79 Å². The lowest BCUT2D eigenvalue weighted by Gasteiger charge is -2.25. The van der Waals surface area contributed by atoms with Gasteiger partial charge in [-0.15, -0.1) is 0 Å². The van der Waals surface area contributed by atoms with Crippen molar-refractivity contribution in [1.29, 1.82) is 0 Å². The van der Waals surface area contributed by atoms with Gasteiger partial charge in [0.05, 0.1) is 19.0 Å². The van der Waals surface area contributed by atoms with Crippen molar-refractivity contribution in [2.75, 3.05) is 38.6 Å². The van der Waals surface area contributed by atoms with E-state index < -0.39 is 15.9 Å². The summed E-state index contributed by atoms with van der Waals surface area (Å²) in [6.07, 6.45) is 3.32. The maximum atomic E-state index is 12.8. The number of aromatic nitrogens is 2. The molecule has 4 rings (SSSR count). The van der Waals surface area contributed by atoms with Crippen LogP contribution in [0.4, 0.5) is 0 Å². The standard InChI is InChI=1S/C20H22N4O5S2/c25-19(21-8-13-31(26,27)24-9-11-28-12-10-24)18-16(14-30-20-22-6-3-7-23-20)15-4-1-2-5-17(15)29-18/h1-7H,8-14H2,(H,21,25). The highest BCUT2D eigenvalue weighted by atomic mass is 32.2. The Bertz CT molecular complexity index is 1140. The smallest absolute Gasteiger partial charge is 0.287 e. The van der Waals surface area contributed by atoms with Crippen LogP contribution in [0.2, 0.25) is 0 Å². The number of nitrogens with zero attached hydrogens (tertiary/aromatic N) is 3. The van der Waals surface area contributed by atoms with Gasteiger partial charge < -0.3 is 14.5 Å². The minimum Gasteiger partial charge on any atom is -0.451 e. The van der Waals surface area contributed by atoms with E-state index >= 15 is 0 Å². The van der Waals surface area contributed by atoms with Crippen molar-refractivity contribution >= 4 is 38.7 Å². The summed E-state index contributed by atoms with van der Waals surface area (Å²) in [6, 6.07) is 9.13. The Hall–Kier alpha value is -2.47. The first kappa shape index (κ1) is 21.8. The van der Waals surface area contributed by atoms with Gasteiger partial charge >= 0.3 is 0 Å². The zero-order valence-corrected chi connectivity index (χ0v) is 18.3. The molecule has 1 amide bonds. The second kappa shape index (κ2) is 9.77. The first-order valence-corrected chi connectivity index (χ1v) is 12.4. The fourth-order valence-electron chi connectivity index (χ4n) is 3.25. The number of para-hydroxylation sites is 1. The summed E-state index contributed by atoms with van der Waals surface area (Å²) in [5.74, 6) is -0.0112. The van der Waals surface area contributed by atoms with Gasteiger partial charge in [-0.25, -0.2) is 18.4 Å². The van der Waals surface area contributed by atoms with E-state index in [1.54, 1.807) is 24.5 Å². The molecular formula is C20H22N4O5S2. The van der Waals surface area contributed by atoms with E-state index in [1.165, 1.54) is 16.1 Å². The summed E-state index contributed by atoms with van der Waals surface area (Å²) in [5, 5.41) is 4.11. The Kier molecular flexibility index (Phi) is 6.86. The lowest BCUT2D eigenvalue weighted by Crippen LogP contribution is -2.43. The van der Waals surface area contributed by atoms with Gasteiger partial charge in [0, 0.05) is 48.7 Å². The van der Waals surface area contributed by atoms with Gasteiger partial charge in [0.1, 0.15) is 5.58 Å². The molecule has 0 unspecified atom stereocenters. The number of carbonyl (C=O) groups is 1. The predicted octanol–water partition coefficient (Wildman–Crippen LogP) is 1.91. The third kappa shape index (κ3) is 5.24. The van der Waals surface area contributed by atoms with Crippen molar-refractivity contribution in [3.8, 4) is 0 Å². The molecular weight excluding hydrogens is 440 g/mol. The van der Waals surface area contributed by atoms with Gasteiger partial charge in [0.25, 0.3) is 5.91 Å². The molecule has 11 heteroatoms. The molecule has 2 aromatic heterocycles. The number of ether oxygens (including phenoxy) is 1. The van der Waals surface area contributed by atoms with Crippen LogP contribution >= 0.6 is 11.8 Å². The Balaban J connectivity index is 1.45. The summed E-state index contributed by atoms with van der Waals surface area (Å²) >= 11 is 1.39. The van der Waals surface area contributed by atoms with Crippen molar-refractivity contribution in [1.82, 2.24) is 19.6 Å². The molecule has 1 aromatic carbocycles. The first-order chi connectivity index (χ1) is 15.0. The molecule has 0 radical (unpaired) electrons. The van der Waals surface area contributed by atoms with Crippen molar-refractivity contribution in [3.05, 3.63) is 54.0 Å². The summed E-state index contributed by atoms with van der Waals surface area (Å²) in [4.78, 5) is 21.2. The Labute approximate surface area is 184 Å². The van der Waals surface area contributed by atoms with Crippen LogP contribution in [0.3, 0.4) is 0 Å². The number of carbonyl (C=O) groups excluding carboxylic acids is 1. The highest BCUT2D eigenvalue weighted by Gasteiger charge is 2.25. The van der Waals surface area contributed by atoms with Gasteiger partial charge in [0.15, 0.2) is 10.9 Å². The molecule has 3 aromatic rings. The minimum absolute atomic E-state index is 0.00997. The number of fused-ring (bicyclic) bond motifs is 1. The van der Waals surface area contributed by atoms with Crippen molar-refractivity contribution in [2.24, 2.45) is 0 Å². The van der Waals surface area contributed by atoms with E-state index in [9.17, 15) is 13.2 Å². The molecule has 1 N–H and O–H groups in total. The number of rotatable bonds is 8. The molecule has 1 fully saturated rings. The Morgan fingerprint density at radius 2 is 1.87 bits per heavy atom. The fraction of sp³-hybridized carbons (Fsp3) is 0.350. The number of morpholine rings is 1. The monoisotopic (exact) mass is 462 g/mol. The quantitative estimate of drug-likeness (QED) is 0.399. The molecule has 1 saturated heterocycles. The van der Waals surface area contributed by atoms with E-state index in [0.717, 1.165) is 10.9 Å². The van der Waals surface area contributed by atoms with Crippen molar-refractivity contribution in [2.45, 2.75) is 10.9 Å². The molecule has 0 spiro atoms. The summed E-state index contributed by atoms with van der Waals surface area (Å²) in [7, 11) is -3.45. The third-order valence-corrected chi connectivity index (χ3v) is 7.58. The zero-order chi connectivity index (χ0) is 21.7. The van der Waals surface area contributed by atoms with Crippen LogP contribution in [0.5, 0.6) is 0 Å². The molecule has 0 bridgehead atoms. The van der Waals surface area contributed by atoms with Crippen LogP contribution in [0.15, 0.2) is 52.3 Å². The molecule has 0 atom stereocenters. The lowest BCUT2D eigenvalue weighted by atomic mass is 10.1. The van der Waals surface area contributed by atoms with Crippen LogP contribution in [0.25, 0.3) is 11.0 Å². The molecule has 164 valence electrons. The van der Waals surface area contributed by atoms with Gasteiger partial charge in [-0.05, 0) is 12.1 Å². The van der Waals surface area contributed by atoms with E-state index in [0.29, 0.717) is 42.8 Å². The topological polar surface area (TPSA) is 115 Å². The van der Waals surface area contributed by atoms with Crippen LogP contribution in [0, 0.1) is 0 Å². The number of furan rings is 1. The first-order valence-electron chi connectivity index (χ1n) is 9.78.